The van der Waals surface area contributed by atoms with Gasteiger partial charge in [0, 0.05) is 13.1 Å². The Bertz CT molecular complexity index is 557. The zero-order chi connectivity index (χ0) is 15.1. The molecule has 4 nitrogen and oxygen atoms in total. The molecule has 0 spiro atoms. The molecule has 2 aromatic carbocycles. The standard InChI is InChI=1S/C17H21NO3/c1-20-16-9-8-14(10-17(16)21-2)15(19)12-18-11-13-6-4-3-5-7-13/h3-10,15,18-19H,11-12H2,1-2H3/t15-/m1/s1. The van der Waals surface area contributed by atoms with E-state index in [2.05, 4.69) is 17.4 Å². The average Bonchev–Trinajstić information content (AvgIpc) is 2.55. The summed E-state index contributed by atoms with van der Waals surface area (Å²) in [6.07, 6.45) is -0.589. The summed E-state index contributed by atoms with van der Waals surface area (Å²) in [6.45, 7) is 1.20. The molecule has 0 fully saturated rings. The molecule has 0 saturated carbocycles. The lowest BCUT2D eigenvalue weighted by molar-refractivity contribution is 0.174. The second-order valence-electron chi connectivity index (χ2n) is 4.75. The molecule has 0 heterocycles. The lowest BCUT2D eigenvalue weighted by Crippen LogP contribution is -2.21. The summed E-state index contributed by atoms with van der Waals surface area (Å²) in [5.74, 6) is 1.28. The van der Waals surface area contributed by atoms with E-state index in [1.807, 2.05) is 24.3 Å². The van der Waals surface area contributed by atoms with Crippen LogP contribution in [0.2, 0.25) is 0 Å². The molecule has 0 aliphatic carbocycles. The van der Waals surface area contributed by atoms with Crippen LogP contribution in [-0.4, -0.2) is 25.9 Å². The molecule has 0 aliphatic heterocycles. The van der Waals surface area contributed by atoms with Gasteiger partial charge in [-0.15, -0.1) is 0 Å². The van der Waals surface area contributed by atoms with E-state index in [4.69, 9.17) is 9.47 Å². The molecule has 0 aromatic heterocycles. The van der Waals surface area contributed by atoms with Crippen LogP contribution in [0.15, 0.2) is 48.5 Å². The van der Waals surface area contributed by atoms with E-state index in [0.717, 1.165) is 12.1 Å². The van der Waals surface area contributed by atoms with Gasteiger partial charge in [0.25, 0.3) is 0 Å². The van der Waals surface area contributed by atoms with Gasteiger partial charge in [-0.1, -0.05) is 36.4 Å². The fraction of sp³-hybridized carbons (Fsp3) is 0.294. The Morgan fingerprint density at radius 1 is 1.00 bits per heavy atom. The summed E-state index contributed by atoms with van der Waals surface area (Å²) < 4.78 is 10.4. The van der Waals surface area contributed by atoms with E-state index in [9.17, 15) is 5.11 Å². The van der Waals surface area contributed by atoms with Crippen molar-refractivity contribution in [2.24, 2.45) is 0 Å². The SMILES string of the molecule is COc1ccc([C@H](O)CNCc2ccccc2)cc1OC. The highest BCUT2D eigenvalue weighted by molar-refractivity contribution is 5.43. The predicted molar refractivity (Wildman–Crippen MR) is 82.7 cm³/mol. The van der Waals surface area contributed by atoms with Gasteiger partial charge in [-0.25, -0.2) is 0 Å². The molecule has 0 unspecified atom stereocenters. The maximum atomic E-state index is 10.2. The molecule has 0 amide bonds. The van der Waals surface area contributed by atoms with Gasteiger partial charge in [0.15, 0.2) is 11.5 Å². The van der Waals surface area contributed by atoms with Crippen molar-refractivity contribution in [1.29, 1.82) is 0 Å². The van der Waals surface area contributed by atoms with Gasteiger partial charge < -0.3 is 19.9 Å². The van der Waals surface area contributed by atoms with Crippen LogP contribution < -0.4 is 14.8 Å². The number of ether oxygens (including phenoxy) is 2. The minimum atomic E-state index is -0.589. The fourth-order valence-corrected chi connectivity index (χ4v) is 2.13. The summed E-state index contributed by atoms with van der Waals surface area (Å²) in [7, 11) is 3.18. The smallest absolute Gasteiger partial charge is 0.161 e. The van der Waals surface area contributed by atoms with Crippen LogP contribution in [0.3, 0.4) is 0 Å². The first-order chi connectivity index (χ1) is 10.2. The van der Waals surface area contributed by atoms with E-state index >= 15 is 0 Å². The summed E-state index contributed by atoms with van der Waals surface area (Å²) in [6, 6.07) is 15.5. The topological polar surface area (TPSA) is 50.7 Å². The number of methoxy groups -OCH3 is 2. The van der Waals surface area contributed by atoms with Gasteiger partial charge in [0.1, 0.15) is 0 Å². The molecular formula is C17H21NO3. The number of aliphatic hydroxyl groups excluding tert-OH is 1. The predicted octanol–water partition coefficient (Wildman–Crippen LogP) is 2.53. The summed E-state index contributed by atoms with van der Waals surface area (Å²) in [5.41, 5.74) is 1.99. The third kappa shape index (κ3) is 4.21. The van der Waals surface area contributed by atoms with Crippen LogP contribution in [0.1, 0.15) is 17.2 Å². The molecule has 1 atom stereocenters. The number of nitrogens with one attached hydrogen (secondary N) is 1. The molecule has 0 saturated heterocycles. The maximum absolute atomic E-state index is 10.2. The maximum Gasteiger partial charge on any atom is 0.161 e. The lowest BCUT2D eigenvalue weighted by atomic mass is 10.1. The lowest BCUT2D eigenvalue weighted by Gasteiger charge is -2.15. The minimum absolute atomic E-state index is 0.477. The average molecular weight is 287 g/mol. The van der Waals surface area contributed by atoms with Crippen molar-refractivity contribution in [3.63, 3.8) is 0 Å². The minimum Gasteiger partial charge on any atom is -0.493 e. The highest BCUT2D eigenvalue weighted by Gasteiger charge is 2.11. The van der Waals surface area contributed by atoms with E-state index in [0.29, 0.717) is 18.0 Å². The third-order valence-corrected chi connectivity index (χ3v) is 3.30. The number of hydrogen-bond donors (Lipinski definition) is 2. The largest absolute Gasteiger partial charge is 0.493 e. The number of aliphatic hydroxyl groups is 1. The first kappa shape index (κ1) is 15.4. The van der Waals surface area contributed by atoms with Crippen molar-refractivity contribution in [3.05, 3.63) is 59.7 Å². The first-order valence-electron chi connectivity index (χ1n) is 6.89. The summed E-state index contributed by atoms with van der Waals surface area (Å²) in [5, 5.41) is 13.5. The van der Waals surface area contributed by atoms with Crippen LogP contribution >= 0.6 is 0 Å². The molecule has 0 radical (unpaired) electrons. The Kier molecular flexibility index (Phi) is 5.60. The Labute approximate surface area is 125 Å². The van der Waals surface area contributed by atoms with Crippen molar-refractivity contribution in [1.82, 2.24) is 5.32 Å². The summed E-state index contributed by atoms with van der Waals surface area (Å²) >= 11 is 0. The highest BCUT2D eigenvalue weighted by atomic mass is 16.5. The molecule has 2 aromatic rings. The second-order valence-corrected chi connectivity index (χ2v) is 4.75. The summed E-state index contributed by atoms with van der Waals surface area (Å²) in [4.78, 5) is 0. The van der Waals surface area contributed by atoms with Gasteiger partial charge in [0.05, 0.1) is 20.3 Å². The fourth-order valence-electron chi connectivity index (χ4n) is 2.13. The van der Waals surface area contributed by atoms with Gasteiger partial charge >= 0.3 is 0 Å². The van der Waals surface area contributed by atoms with Crippen LogP contribution in [0.5, 0.6) is 11.5 Å². The Morgan fingerprint density at radius 3 is 2.38 bits per heavy atom. The highest BCUT2D eigenvalue weighted by Crippen LogP contribution is 2.29. The molecule has 0 aliphatic rings. The van der Waals surface area contributed by atoms with Gasteiger partial charge in [-0.2, -0.15) is 0 Å². The number of rotatable bonds is 7. The van der Waals surface area contributed by atoms with E-state index in [-0.39, 0.29) is 0 Å². The van der Waals surface area contributed by atoms with Crippen LogP contribution in [-0.2, 0) is 6.54 Å². The van der Waals surface area contributed by atoms with Crippen LogP contribution in [0, 0.1) is 0 Å². The normalized spacial score (nSPS) is 12.0. The second kappa shape index (κ2) is 7.67. The Morgan fingerprint density at radius 2 is 1.71 bits per heavy atom. The van der Waals surface area contributed by atoms with Gasteiger partial charge in [-0.3, -0.25) is 0 Å². The van der Waals surface area contributed by atoms with Gasteiger partial charge in [-0.05, 0) is 23.3 Å². The Balaban J connectivity index is 1.92. The van der Waals surface area contributed by atoms with Crippen molar-refractivity contribution in [2.45, 2.75) is 12.6 Å². The van der Waals surface area contributed by atoms with Crippen molar-refractivity contribution in [3.8, 4) is 11.5 Å². The Hall–Kier alpha value is -2.04. The van der Waals surface area contributed by atoms with Crippen molar-refractivity contribution >= 4 is 0 Å². The van der Waals surface area contributed by atoms with E-state index < -0.39 is 6.10 Å². The van der Waals surface area contributed by atoms with Gasteiger partial charge in [0.2, 0.25) is 0 Å². The van der Waals surface area contributed by atoms with Crippen LogP contribution in [0.25, 0.3) is 0 Å². The number of hydrogen-bond acceptors (Lipinski definition) is 4. The molecule has 21 heavy (non-hydrogen) atoms. The number of benzene rings is 2. The zero-order valence-electron chi connectivity index (χ0n) is 12.4. The zero-order valence-corrected chi connectivity index (χ0v) is 12.4. The molecular weight excluding hydrogens is 266 g/mol. The quantitative estimate of drug-likeness (QED) is 0.821. The van der Waals surface area contributed by atoms with E-state index in [1.165, 1.54) is 5.56 Å². The molecule has 2 N–H and O–H groups in total. The molecule has 2 rings (SSSR count). The van der Waals surface area contributed by atoms with Crippen molar-refractivity contribution in [2.75, 3.05) is 20.8 Å². The molecule has 112 valence electrons. The third-order valence-electron chi connectivity index (χ3n) is 3.30. The van der Waals surface area contributed by atoms with Crippen molar-refractivity contribution < 1.29 is 14.6 Å². The monoisotopic (exact) mass is 287 g/mol. The molecule has 4 heteroatoms. The van der Waals surface area contributed by atoms with Crippen LogP contribution in [0.4, 0.5) is 0 Å². The molecule has 0 bridgehead atoms. The van der Waals surface area contributed by atoms with E-state index in [1.54, 1.807) is 26.4 Å². The first-order valence-corrected chi connectivity index (χ1v) is 6.89.